The molecule has 25 heavy (non-hydrogen) atoms. The van der Waals surface area contributed by atoms with Crippen LogP contribution in [0.4, 0.5) is 5.69 Å². The lowest BCUT2D eigenvalue weighted by Gasteiger charge is -2.21. The van der Waals surface area contributed by atoms with Crippen molar-refractivity contribution in [3.05, 3.63) is 63.6 Å². The minimum Gasteiger partial charge on any atom is -0.333 e. The first-order chi connectivity index (χ1) is 11.9. The number of anilines is 1. The van der Waals surface area contributed by atoms with E-state index in [4.69, 9.17) is 23.2 Å². The molecule has 0 saturated heterocycles. The second kappa shape index (κ2) is 8.88. The third-order valence-electron chi connectivity index (χ3n) is 3.91. The van der Waals surface area contributed by atoms with E-state index in [1.54, 1.807) is 18.2 Å². The second-order valence-corrected chi connectivity index (χ2v) is 6.62. The molecular formula is C19H20Cl2N2O2. The Morgan fingerprint density at radius 2 is 1.76 bits per heavy atom. The number of hydrogen-bond acceptors (Lipinski definition) is 2. The zero-order valence-corrected chi connectivity index (χ0v) is 15.7. The van der Waals surface area contributed by atoms with E-state index in [-0.39, 0.29) is 18.4 Å². The van der Waals surface area contributed by atoms with Crippen molar-refractivity contribution in [2.24, 2.45) is 0 Å². The van der Waals surface area contributed by atoms with Crippen LogP contribution >= 0.6 is 23.2 Å². The maximum Gasteiger partial charge on any atom is 0.244 e. The Bertz CT molecular complexity index is 761. The normalized spacial score (nSPS) is 10.4. The fourth-order valence-electron chi connectivity index (χ4n) is 2.37. The number of nitrogens with one attached hydrogen (secondary N) is 1. The number of halogens is 2. The molecule has 0 heterocycles. The molecular weight excluding hydrogens is 359 g/mol. The third-order valence-corrected chi connectivity index (χ3v) is 4.57. The van der Waals surface area contributed by atoms with Crippen LogP contribution in [0, 0.1) is 6.92 Å². The van der Waals surface area contributed by atoms with E-state index in [2.05, 4.69) is 5.32 Å². The average Bonchev–Trinajstić information content (AvgIpc) is 2.57. The van der Waals surface area contributed by atoms with Gasteiger partial charge in [0.05, 0.1) is 6.54 Å². The Labute approximate surface area is 157 Å². The van der Waals surface area contributed by atoms with Crippen molar-refractivity contribution in [2.75, 3.05) is 18.4 Å². The summed E-state index contributed by atoms with van der Waals surface area (Å²) in [5, 5.41) is 4.06. The fraction of sp³-hybridized carbons (Fsp3) is 0.263. The van der Waals surface area contributed by atoms with Crippen LogP contribution in [0.15, 0.2) is 42.5 Å². The molecule has 0 aliphatic carbocycles. The van der Waals surface area contributed by atoms with Crippen molar-refractivity contribution in [3.63, 3.8) is 0 Å². The van der Waals surface area contributed by atoms with Gasteiger partial charge in [-0.2, -0.15) is 0 Å². The zero-order valence-electron chi connectivity index (χ0n) is 14.2. The van der Waals surface area contributed by atoms with Crippen LogP contribution in [0.2, 0.25) is 10.0 Å². The standard InChI is InChI=1S/C19H20Cl2N2O2/c1-13-17(21)4-3-5-18(13)22-19(25)12-23(14(2)24)11-10-15-6-8-16(20)9-7-15/h3-9H,10-12H2,1-2H3,(H,22,25). The van der Waals surface area contributed by atoms with Gasteiger partial charge in [0.15, 0.2) is 0 Å². The summed E-state index contributed by atoms with van der Waals surface area (Å²) in [6, 6.07) is 12.8. The maximum atomic E-state index is 12.3. The minimum absolute atomic E-state index is 0.00508. The average molecular weight is 379 g/mol. The number of rotatable bonds is 6. The van der Waals surface area contributed by atoms with E-state index in [1.807, 2.05) is 31.2 Å². The smallest absolute Gasteiger partial charge is 0.244 e. The van der Waals surface area contributed by atoms with Gasteiger partial charge in [-0.25, -0.2) is 0 Å². The summed E-state index contributed by atoms with van der Waals surface area (Å²) in [5.74, 6) is -0.399. The lowest BCUT2D eigenvalue weighted by Crippen LogP contribution is -2.38. The number of benzene rings is 2. The summed E-state index contributed by atoms with van der Waals surface area (Å²) in [6.45, 7) is 3.74. The number of carbonyl (C=O) groups is 2. The molecule has 0 fully saturated rings. The molecule has 132 valence electrons. The first-order valence-corrected chi connectivity index (χ1v) is 8.67. The zero-order chi connectivity index (χ0) is 18.4. The molecule has 0 aromatic heterocycles. The van der Waals surface area contributed by atoms with Crippen LogP contribution in [0.25, 0.3) is 0 Å². The van der Waals surface area contributed by atoms with Crippen molar-refractivity contribution in [2.45, 2.75) is 20.3 Å². The first-order valence-electron chi connectivity index (χ1n) is 7.91. The summed E-state index contributed by atoms with van der Waals surface area (Å²) in [7, 11) is 0. The highest BCUT2D eigenvalue weighted by Gasteiger charge is 2.15. The Balaban J connectivity index is 1.96. The van der Waals surface area contributed by atoms with Crippen LogP contribution in [-0.4, -0.2) is 29.8 Å². The Hall–Kier alpha value is -2.04. The van der Waals surface area contributed by atoms with Crippen LogP contribution in [0.1, 0.15) is 18.1 Å². The second-order valence-electron chi connectivity index (χ2n) is 5.78. The van der Waals surface area contributed by atoms with E-state index in [9.17, 15) is 9.59 Å². The lowest BCUT2D eigenvalue weighted by molar-refractivity contribution is -0.132. The van der Waals surface area contributed by atoms with Crippen LogP contribution in [0.3, 0.4) is 0 Å². The molecule has 2 aromatic rings. The van der Waals surface area contributed by atoms with Crippen LogP contribution < -0.4 is 5.32 Å². The molecule has 0 aliphatic heterocycles. The van der Waals surface area contributed by atoms with Crippen molar-refractivity contribution in [1.82, 2.24) is 4.90 Å². The van der Waals surface area contributed by atoms with Crippen molar-refractivity contribution in [3.8, 4) is 0 Å². The van der Waals surface area contributed by atoms with E-state index in [1.165, 1.54) is 11.8 Å². The molecule has 0 saturated carbocycles. The molecule has 0 radical (unpaired) electrons. The van der Waals surface area contributed by atoms with Gasteiger partial charge in [0.1, 0.15) is 0 Å². The number of nitrogens with zero attached hydrogens (tertiary/aromatic N) is 1. The molecule has 2 amide bonds. The molecule has 0 bridgehead atoms. The van der Waals surface area contributed by atoms with Crippen molar-refractivity contribution < 1.29 is 9.59 Å². The summed E-state index contributed by atoms with van der Waals surface area (Å²) in [4.78, 5) is 25.6. The van der Waals surface area contributed by atoms with Gasteiger partial charge in [-0.05, 0) is 48.7 Å². The predicted molar refractivity (Wildman–Crippen MR) is 102 cm³/mol. The fourth-order valence-corrected chi connectivity index (χ4v) is 2.67. The molecule has 0 atom stereocenters. The molecule has 0 unspecified atom stereocenters. The largest absolute Gasteiger partial charge is 0.333 e. The first kappa shape index (κ1) is 19.3. The highest BCUT2D eigenvalue weighted by molar-refractivity contribution is 6.31. The van der Waals surface area contributed by atoms with Gasteiger partial charge in [-0.3, -0.25) is 9.59 Å². The third kappa shape index (κ3) is 5.76. The van der Waals surface area contributed by atoms with Crippen LogP contribution in [0.5, 0.6) is 0 Å². The molecule has 2 rings (SSSR count). The summed E-state index contributed by atoms with van der Waals surface area (Å²) < 4.78 is 0. The molecule has 2 aromatic carbocycles. The summed E-state index contributed by atoms with van der Waals surface area (Å²) in [5.41, 5.74) is 2.51. The minimum atomic E-state index is -0.253. The van der Waals surface area contributed by atoms with Gasteiger partial charge in [0.25, 0.3) is 0 Å². The van der Waals surface area contributed by atoms with Gasteiger partial charge in [0.2, 0.25) is 11.8 Å². The summed E-state index contributed by atoms with van der Waals surface area (Å²) >= 11 is 11.9. The van der Waals surface area contributed by atoms with E-state index in [0.717, 1.165) is 11.1 Å². The lowest BCUT2D eigenvalue weighted by atomic mass is 10.1. The van der Waals surface area contributed by atoms with Gasteiger partial charge in [-0.15, -0.1) is 0 Å². The number of carbonyl (C=O) groups excluding carboxylic acids is 2. The van der Waals surface area contributed by atoms with Crippen molar-refractivity contribution in [1.29, 1.82) is 0 Å². The Morgan fingerprint density at radius 1 is 1.08 bits per heavy atom. The highest BCUT2D eigenvalue weighted by atomic mass is 35.5. The van der Waals surface area contributed by atoms with Gasteiger partial charge in [-0.1, -0.05) is 41.4 Å². The van der Waals surface area contributed by atoms with Crippen LogP contribution in [-0.2, 0) is 16.0 Å². The van der Waals surface area contributed by atoms with Gasteiger partial charge < -0.3 is 10.2 Å². The molecule has 1 N–H and O–H groups in total. The Morgan fingerprint density at radius 3 is 2.40 bits per heavy atom. The Kier molecular flexibility index (Phi) is 6.85. The predicted octanol–water partition coefficient (Wildman–Crippen LogP) is 4.33. The quantitative estimate of drug-likeness (QED) is 0.812. The molecule has 4 nitrogen and oxygen atoms in total. The number of amides is 2. The highest BCUT2D eigenvalue weighted by Crippen LogP contribution is 2.22. The topological polar surface area (TPSA) is 49.4 Å². The van der Waals surface area contributed by atoms with E-state index >= 15 is 0 Å². The molecule has 6 heteroatoms. The van der Waals surface area contributed by atoms with E-state index in [0.29, 0.717) is 28.7 Å². The maximum absolute atomic E-state index is 12.3. The number of hydrogen-bond donors (Lipinski definition) is 1. The molecule has 0 spiro atoms. The summed E-state index contributed by atoms with van der Waals surface area (Å²) in [6.07, 6.45) is 0.653. The molecule has 0 aliphatic rings. The SMILES string of the molecule is CC(=O)N(CCc1ccc(Cl)cc1)CC(=O)Nc1cccc(Cl)c1C. The van der Waals surface area contributed by atoms with Gasteiger partial charge >= 0.3 is 0 Å². The van der Waals surface area contributed by atoms with Crippen molar-refractivity contribution >= 4 is 40.7 Å². The van der Waals surface area contributed by atoms with Gasteiger partial charge in [0, 0.05) is 29.2 Å². The van der Waals surface area contributed by atoms with E-state index < -0.39 is 0 Å². The monoisotopic (exact) mass is 378 g/mol.